The van der Waals surface area contributed by atoms with Gasteiger partial charge in [0.15, 0.2) is 12.4 Å². The Hall–Kier alpha value is -2.64. The van der Waals surface area contributed by atoms with Crippen molar-refractivity contribution in [1.29, 1.82) is 0 Å². The van der Waals surface area contributed by atoms with Crippen LogP contribution in [0.1, 0.15) is 55.6 Å². The van der Waals surface area contributed by atoms with Gasteiger partial charge in [-0.25, -0.2) is 4.57 Å². The fourth-order valence-corrected chi connectivity index (χ4v) is 5.97. The molecule has 4 rings (SSSR count). The second-order valence-corrected chi connectivity index (χ2v) is 10.1. The smallest absolute Gasteiger partial charge is 0.316 e. The molecule has 1 aromatic heterocycles. The van der Waals surface area contributed by atoms with Crippen molar-refractivity contribution in [3.05, 3.63) is 70.9 Å². The molecule has 2 aliphatic heterocycles. The van der Waals surface area contributed by atoms with Crippen LogP contribution in [0, 0.1) is 4.91 Å². The summed E-state index contributed by atoms with van der Waals surface area (Å²) in [6.07, 6.45) is 10.5. The van der Waals surface area contributed by atoms with Crippen LogP contribution in [-0.2, 0) is 22.6 Å². The van der Waals surface area contributed by atoms with Gasteiger partial charge in [0.2, 0.25) is 0 Å². The van der Waals surface area contributed by atoms with Crippen molar-refractivity contribution in [2.24, 2.45) is 5.18 Å². The van der Waals surface area contributed by atoms with Gasteiger partial charge in [-0.3, -0.25) is 4.79 Å². The predicted octanol–water partition coefficient (Wildman–Crippen LogP) is 3.48. The number of hydrogen-bond acceptors (Lipinski definition) is 5. The normalized spacial score (nSPS) is 26.7. The predicted molar refractivity (Wildman–Crippen MR) is 129 cm³/mol. The number of carbonyl (C=O) groups excluding carboxylic acids is 1. The van der Waals surface area contributed by atoms with Crippen LogP contribution in [0.3, 0.4) is 0 Å². The maximum absolute atomic E-state index is 12.8. The van der Waals surface area contributed by atoms with E-state index < -0.39 is 5.92 Å². The number of nitrogens with zero attached hydrogens (tertiary/aromatic N) is 3. The number of aromatic nitrogens is 1. The van der Waals surface area contributed by atoms with Crippen LogP contribution in [0.15, 0.2) is 60.0 Å². The molecule has 3 atom stereocenters. The zero-order valence-electron chi connectivity index (χ0n) is 20.1. The molecule has 2 aliphatic rings. The van der Waals surface area contributed by atoms with E-state index in [0.717, 1.165) is 54.4 Å². The molecule has 2 bridgehead atoms. The highest BCUT2D eigenvalue weighted by molar-refractivity contribution is 5.78. The van der Waals surface area contributed by atoms with E-state index in [2.05, 4.69) is 16.8 Å². The van der Waals surface area contributed by atoms with E-state index in [1.165, 1.54) is 12.8 Å². The number of piperidine rings is 1. The lowest BCUT2D eigenvalue weighted by Crippen LogP contribution is -2.59. The SMILES string of the molecule is C[N+]1(CCCC[n+]2ccc(CN=O)cc2)C2CCC1CC(OC(=O)C(CO)c1ccccc1)C2. The lowest BCUT2D eigenvalue weighted by atomic mass is 9.95. The van der Waals surface area contributed by atoms with Crippen LogP contribution < -0.4 is 4.57 Å². The van der Waals surface area contributed by atoms with E-state index in [4.69, 9.17) is 4.74 Å². The van der Waals surface area contributed by atoms with Gasteiger partial charge in [0, 0.05) is 50.7 Å². The van der Waals surface area contributed by atoms with Gasteiger partial charge in [0.1, 0.15) is 25.1 Å². The van der Waals surface area contributed by atoms with Gasteiger partial charge in [0.25, 0.3) is 0 Å². The third kappa shape index (κ3) is 5.53. The number of fused-ring (bicyclic) bond motifs is 2. The number of esters is 1. The van der Waals surface area contributed by atoms with Crippen molar-refractivity contribution in [1.82, 2.24) is 0 Å². The van der Waals surface area contributed by atoms with Crippen molar-refractivity contribution in [3.8, 4) is 0 Å². The Morgan fingerprint density at radius 1 is 1.12 bits per heavy atom. The number of aryl methyl sites for hydroxylation is 1. The van der Waals surface area contributed by atoms with Crippen LogP contribution in [0.2, 0.25) is 0 Å². The van der Waals surface area contributed by atoms with E-state index in [0.29, 0.717) is 12.1 Å². The summed E-state index contributed by atoms with van der Waals surface area (Å²) >= 11 is 0. The lowest BCUT2D eigenvalue weighted by molar-refractivity contribution is -0.949. The molecule has 182 valence electrons. The van der Waals surface area contributed by atoms with Crippen LogP contribution in [0.25, 0.3) is 0 Å². The molecule has 1 N–H and O–H groups in total. The highest BCUT2D eigenvalue weighted by Crippen LogP contribution is 2.42. The molecular formula is C27H37N3O4+2. The molecule has 7 heteroatoms. The number of aliphatic hydroxyl groups is 1. The number of benzene rings is 1. The van der Waals surface area contributed by atoms with Crippen molar-refractivity contribution in [2.45, 2.75) is 75.7 Å². The van der Waals surface area contributed by atoms with E-state index in [-0.39, 0.29) is 25.2 Å². The molecule has 0 saturated carbocycles. The Bertz CT molecular complexity index is 936. The molecule has 2 aromatic rings. The fraction of sp³-hybridized carbons (Fsp3) is 0.556. The van der Waals surface area contributed by atoms with Gasteiger partial charge >= 0.3 is 5.97 Å². The first-order chi connectivity index (χ1) is 16.5. The Morgan fingerprint density at radius 3 is 2.41 bits per heavy atom. The maximum Gasteiger partial charge on any atom is 0.316 e. The highest BCUT2D eigenvalue weighted by atomic mass is 16.5. The summed E-state index contributed by atoms with van der Waals surface area (Å²) in [5, 5.41) is 12.7. The minimum atomic E-state index is -0.608. The molecule has 3 heterocycles. The van der Waals surface area contributed by atoms with Gasteiger partial charge < -0.3 is 14.3 Å². The molecule has 3 unspecified atom stereocenters. The average Bonchev–Trinajstić information content (AvgIpc) is 3.00. The van der Waals surface area contributed by atoms with E-state index in [1.54, 1.807) is 0 Å². The topological polar surface area (TPSA) is 79.8 Å². The maximum atomic E-state index is 12.8. The van der Waals surface area contributed by atoms with E-state index in [1.807, 2.05) is 54.9 Å². The lowest BCUT2D eigenvalue weighted by Gasteiger charge is -2.47. The molecular weight excluding hydrogens is 430 g/mol. The molecule has 2 saturated heterocycles. The number of hydrogen-bond donors (Lipinski definition) is 1. The van der Waals surface area contributed by atoms with Gasteiger partial charge in [-0.05, 0) is 11.1 Å². The standard InChI is InChI=1S/C27H37N3O4/c1-30(16-6-5-13-29-14-11-21(12-15-29)19-28-33)23-9-10-24(30)18-25(17-23)34-27(32)26(20-31)22-7-3-2-4-8-22/h2-4,7-8,11-12,14-15,23-26,31H,5-6,9-10,13,16-20H2,1H3/q+2. The van der Waals surface area contributed by atoms with Crippen LogP contribution in [-0.4, -0.2) is 53.9 Å². The molecule has 34 heavy (non-hydrogen) atoms. The van der Waals surface area contributed by atoms with Crippen molar-refractivity contribution < 1.29 is 23.7 Å². The summed E-state index contributed by atoms with van der Waals surface area (Å²) in [5.74, 6) is -0.913. The summed E-state index contributed by atoms with van der Waals surface area (Å²) in [5.41, 5.74) is 1.75. The van der Waals surface area contributed by atoms with Gasteiger partial charge in [0.05, 0.1) is 32.3 Å². The molecule has 0 aliphatic carbocycles. The largest absolute Gasteiger partial charge is 0.461 e. The van der Waals surface area contributed by atoms with Crippen molar-refractivity contribution in [2.75, 3.05) is 20.2 Å². The second kappa shape index (κ2) is 11.2. The number of carbonyl (C=O) groups is 1. The first-order valence-corrected chi connectivity index (χ1v) is 12.5. The number of ether oxygens (including phenoxy) is 1. The summed E-state index contributed by atoms with van der Waals surface area (Å²) in [6.45, 7) is 2.10. The van der Waals surface area contributed by atoms with Crippen molar-refractivity contribution >= 4 is 5.97 Å². The van der Waals surface area contributed by atoms with Gasteiger partial charge in [-0.1, -0.05) is 35.5 Å². The Balaban J connectivity index is 1.26. The zero-order chi connectivity index (χ0) is 24.0. The summed E-state index contributed by atoms with van der Waals surface area (Å²) < 4.78 is 9.20. The number of rotatable bonds is 11. The number of aliphatic hydroxyl groups excluding tert-OH is 1. The van der Waals surface area contributed by atoms with Crippen LogP contribution in [0.4, 0.5) is 0 Å². The first kappa shape index (κ1) is 24.5. The van der Waals surface area contributed by atoms with E-state index >= 15 is 0 Å². The van der Waals surface area contributed by atoms with Crippen LogP contribution in [0.5, 0.6) is 0 Å². The van der Waals surface area contributed by atoms with E-state index in [9.17, 15) is 14.8 Å². The molecule has 7 nitrogen and oxygen atoms in total. The summed E-state index contributed by atoms with van der Waals surface area (Å²) in [7, 11) is 2.38. The number of nitroso groups, excluding NO2 is 1. The summed E-state index contributed by atoms with van der Waals surface area (Å²) in [4.78, 5) is 23.2. The summed E-state index contributed by atoms with van der Waals surface area (Å²) in [6, 6.07) is 14.4. The Labute approximate surface area is 201 Å². The fourth-order valence-electron chi connectivity index (χ4n) is 5.97. The highest BCUT2D eigenvalue weighted by Gasteiger charge is 2.52. The quantitative estimate of drug-likeness (QED) is 0.180. The number of pyridine rings is 1. The van der Waals surface area contributed by atoms with Gasteiger partial charge in [-0.2, -0.15) is 4.91 Å². The Kier molecular flexibility index (Phi) is 8.06. The monoisotopic (exact) mass is 467 g/mol. The average molecular weight is 468 g/mol. The van der Waals surface area contributed by atoms with Crippen molar-refractivity contribution in [3.63, 3.8) is 0 Å². The second-order valence-electron chi connectivity index (χ2n) is 10.1. The van der Waals surface area contributed by atoms with Crippen LogP contribution >= 0.6 is 0 Å². The molecule has 2 fully saturated rings. The minimum Gasteiger partial charge on any atom is -0.461 e. The number of unbranched alkanes of at least 4 members (excludes halogenated alkanes) is 1. The molecule has 0 amide bonds. The van der Waals surface area contributed by atoms with Gasteiger partial charge in [-0.15, -0.1) is 0 Å². The molecule has 0 spiro atoms. The number of quaternary nitrogens is 1. The Morgan fingerprint density at radius 2 is 1.79 bits per heavy atom. The third-order valence-electron chi connectivity index (χ3n) is 8.04. The first-order valence-electron chi connectivity index (χ1n) is 12.5. The minimum absolute atomic E-state index is 0.0520. The molecule has 0 radical (unpaired) electrons. The molecule has 1 aromatic carbocycles. The zero-order valence-corrected chi connectivity index (χ0v) is 20.1. The third-order valence-corrected chi connectivity index (χ3v) is 8.04.